The molecule has 3 rings (SSSR count). The SMILES string of the molecule is O=C(O)c1sc(Sc2nnnn2CCc2ccccc2)nc1C(F)(F)F. The van der Waals surface area contributed by atoms with E-state index in [2.05, 4.69) is 20.5 Å². The number of hydrogen-bond donors (Lipinski definition) is 1. The van der Waals surface area contributed by atoms with E-state index in [9.17, 15) is 18.0 Å². The second-order valence-electron chi connectivity index (χ2n) is 4.98. The number of tetrazole rings is 1. The molecule has 12 heteroatoms. The van der Waals surface area contributed by atoms with Crippen LogP contribution in [0.25, 0.3) is 0 Å². The molecule has 0 saturated heterocycles. The molecule has 1 aromatic carbocycles. The zero-order chi connectivity index (χ0) is 18.7. The number of aromatic carboxylic acids is 1. The first kappa shape index (κ1) is 18.3. The molecule has 0 fully saturated rings. The highest BCUT2D eigenvalue weighted by molar-refractivity contribution is 8.00. The summed E-state index contributed by atoms with van der Waals surface area (Å²) < 4.78 is 40.1. The normalized spacial score (nSPS) is 11.7. The van der Waals surface area contributed by atoms with Crippen molar-refractivity contribution in [2.45, 2.75) is 28.6 Å². The van der Waals surface area contributed by atoms with E-state index < -0.39 is 22.7 Å². The molecule has 2 aromatic heterocycles. The highest BCUT2D eigenvalue weighted by atomic mass is 32.2. The average molecular weight is 401 g/mol. The summed E-state index contributed by atoms with van der Waals surface area (Å²) in [5, 5.41) is 20.3. The van der Waals surface area contributed by atoms with Gasteiger partial charge in [0, 0.05) is 6.54 Å². The van der Waals surface area contributed by atoms with Crippen LogP contribution in [0.3, 0.4) is 0 Å². The Morgan fingerprint density at radius 3 is 2.62 bits per heavy atom. The molecule has 1 N–H and O–H groups in total. The lowest BCUT2D eigenvalue weighted by molar-refractivity contribution is -0.141. The minimum Gasteiger partial charge on any atom is -0.477 e. The molecule has 2 heterocycles. The van der Waals surface area contributed by atoms with E-state index >= 15 is 0 Å². The van der Waals surface area contributed by atoms with Crippen LogP contribution in [0.5, 0.6) is 0 Å². The average Bonchev–Trinajstić information content (AvgIpc) is 3.21. The van der Waals surface area contributed by atoms with Crippen molar-refractivity contribution in [2.24, 2.45) is 0 Å². The summed E-state index contributed by atoms with van der Waals surface area (Å²) >= 11 is 1.23. The summed E-state index contributed by atoms with van der Waals surface area (Å²) in [5.74, 6) is -1.68. The number of carboxylic acid groups (broad SMARTS) is 1. The smallest absolute Gasteiger partial charge is 0.435 e. The van der Waals surface area contributed by atoms with Gasteiger partial charge in [-0.3, -0.25) is 0 Å². The van der Waals surface area contributed by atoms with Gasteiger partial charge >= 0.3 is 12.1 Å². The third-order valence-corrected chi connectivity index (χ3v) is 5.28. The first-order valence-electron chi connectivity index (χ1n) is 7.14. The van der Waals surface area contributed by atoms with E-state index in [1.54, 1.807) is 0 Å². The number of carbonyl (C=O) groups is 1. The van der Waals surface area contributed by atoms with Crippen molar-refractivity contribution in [3.8, 4) is 0 Å². The van der Waals surface area contributed by atoms with Gasteiger partial charge in [0.05, 0.1) is 0 Å². The van der Waals surface area contributed by atoms with Gasteiger partial charge in [-0.1, -0.05) is 41.7 Å². The van der Waals surface area contributed by atoms with E-state index in [1.165, 1.54) is 4.68 Å². The number of rotatable bonds is 6. The second-order valence-corrected chi connectivity index (χ2v) is 7.20. The standard InChI is InChI=1S/C14H10F3N5O2S2/c15-14(16,17)10-9(11(23)24)25-13(18-10)26-12-19-20-21-22(12)7-6-8-4-2-1-3-5-8/h1-5H,6-7H2,(H,23,24). The number of hydrogen-bond acceptors (Lipinski definition) is 7. The minimum absolute atomic E-state index is 0.0921. The molecule has 0 aliphatic carbocycles. The lowest BCUT2D eigenvalue weighted by Crippen LogP contribution is -2.11. The Balaban J connectivity index is 1.78. The summed E-state index contributed by atoms with van der Waals surface area (Å²) in [6.07, 6.45) is -4.21. The van der Waals surface area contributed by atoms with Gasteiger partial charge in [-0.05, 0) is 34.2 Å². The molecule has 0 aliphatic heterocycles. The Morgan fingerprint density at radius 2 is 2.00 bits per heavy atom. The van der Waals surface area contributed by atoms with Gasteiger partial charge in [0.2, 0.25) is 5.16 Å². The number of carboxylic acids is 1. The number of nitrogens with zero attached hydrogens (tertiary/aromatic N) is 5. The highest BCUT2D eigenvalue weighted by Gasteiger charge is 2.40. The number of alkyl halides is 3. The summed E-state index contributed by atoms with van der Waals surface area (Å²) in [7, 11) is 0. The van der Waals surface area contributed by atoms with Crippen molar-refractivity contribution in [1.82, 2.24) is 25.2 Å². The van der Waals surface area contributed by atoms with Gasteiger partial charge in [0.15, 0.2) is 10.0 Å². The number of thiazole rings is 1. The molecule has 0 spiro atoms. The van der Waals surface area contributed by atoms with Crippen molar-refractivity contribution in [3.05, 3.63) is 46.5 Å². The van der Waals surface area contributed by atoms with Crippen molar-refractivity contribution in [1.29, 1.82) is 0 Å². The fourth-order valence-corrected chi connectivity index (χ4v) is 3.95. The van der Waals surface area contributed by atoms with Crippen molar-refractivity contribution >= 4 is 29.1 Å². The molecule has 0 radical (unpaired) electrons. The van der Waals surface area contributed by atoms with Gasteiger partial charge in [-0.25, -0.2) is 14.5 Å². The Bertz CT molecular complexity index is 911. The molecule has 0 bridgehead atoms. The quantitative estimate of drug-likeness (QED) is 0.678. The Morgan fingerprint density at radius 1 is 1.27 bits per heavy atom. The van der Waals surface area contributed by atoms with Crippen molar-refractivity contribution < 1.29 is 23.1 Å². The maximum atomic E-state index is 12.9. The summed E-state index contributed by atoms with van der Waals surface area (Å²) in [6, 6.07) is 9.56. The second kappa shape index (κ2) is 7.41. The van der Waals surface area contributed by atoms with E-state index in [4.69, 9.17) is 5.11 Å². The molecular formula is C14H10F3N5O2S2. The molecule has 7 nitrogen and oxygen atoms in total. The van der Waals surface area contributed by atoms with Gasteiger partial charge in [-0.15, -0.1) is 5.10 Å². The summed E-state index contributed by atoms with van der Waals surface area (Å²) in [6.45, 7) is 0.419. The minimum atomic E-state index is -4.84. The zero-order valence-corrected chi connectivity index (χ0v) is 14.5. The highest BCUT2D eigenvalue weighted by Crippen LogP contribution is 2.38. The summed E-state index contributed by atoms with van der Waals surface area (Å²) in [5.41, 5.74) is -0.360. The van der Waals surface area contributed by atoms with Crippen LogP contribution in [0, 0.1) is 0 Å². The lowest BCUT2D eigenvalue weighted by Gasteiger charge is -2.03. The first-order valence-corrected chi connectivity index (χ1v) is 8.77. The van der Waals surface area contributed by atoms with Gasteiger partial charge in [0.25, 0.3) is 0 Å². The van der Waals surface area contributed by atoms with Gasteiger partial charge in [-0.2, -0.15) is 13.2 Å². The molecular weight excluding hydrogens is 391 g/mol. The summed E-state index contributed by atoms with van der Waals surface area (Å²) in [4.78, 5) is 13.6. The van der Waals surface area contributed by atoms with E-state index in [1.807, 2.05) is 30.3 Å². The van der Waals surface area contributed by atoms with Crippen LogP contribution in [-0.2, 0) is 19.1 Å². The van der Waals surface area contributed by atoms with Crippen LogP contribution in [-0.4, -0.2) is 36.3 Å². The largest absolute Gasteiger partial charge is 0.477 e. The number of aromatic nitrogens is 5. The topological polar surface area (TPSA) is 93.8 Å². The predicted octanol–water partition coefficient (Wildman–Crippen LogP) is 3.24. The van der Waals surface area contributed by atoms with E-state index in [0.29, 0.717) is 24.3 Å². The Kier molecular flexibility index (Phi) is 5.23. The number of benzene rings is 1. The monoisotopic (exact) mass is 401 g/mol. The van der Waals surface area contributed by atoms with Crippen LogP contribution < -0.4 is 0 Å². The third-order valence-electron chi connectivity index (χ3n) is 3.20. The predicted molar refractivity (Wildman–Crippen MR) is 86.2 cm³/mol. The van der Waals surface area contributed by atoms with Crippen LogP contribution >= 0.6 is 23.1 Å². The molecule has 26 heavy (non-hydrogen) atoms. The van der Waals surface area contributed by atoms with Crippen LogP contribution in [0.15, 0.2) is 39.8 Å². The molecule has 0 atom stereocenters. The molecule has 136 valence electrons. The fourth-order valence-electron chi connectivity index (χ4n) is 2.05. The Hall–Kier alpha value is -2.47. The van der Waals surface area contributed by atoms with Crippen molar-refractivity contribution in [2.75, 3.05) is 0 Å². The number of halogens is 3. The van der Waals surface area contributed by atoms with Crippen LogP contribution in [0.1, 0.15) is 20.9 Å². The van der Waals surface area contributed by atoms with E-state index in [0.717, 1.165) is 17.3 Å². The molecule has 3 aromatic rings. The first-order chi connectivity index (χ1) is 12.3. The third kappa shape index (κ3) is 4.19. The van der Waals surface area contributed by atoms with Crippen LogP contribution in [0.2, 0.25) is 0 Å². The maximum absolute atomic E-state index is 12.9. The lowest BCUT2D eigenvalue weighted by atomic mass is 10.2. The Labute approximate surface area is 152 Å². The van der Waals surface area contributed by atoms with Gasteiger partial charge < -0.3 is 5.11 Å². The van der Waals surface area contributed by atoms with Crippen molar-refractivity contribution in [3.63, 3.8) is 0 Å². The maximum Gasteiger partial charge on any atom is 0.435 e. The number of aryl methyl sites for hydroxylation is 2. The fraction of sp³-hybridized carbons (Fsp3) is 0.214. The molecule has 0 aliphatic rings. The van der Waals surface area contributed by atoms with E-state index in [-0.39, 0.29) is 9.50 Å². The van der Waals surface area contributed by atoms with Crippen LogP contribution in [0.4, 0.5) is 13.2 Å². The molecule has 0 amide bonds. The molecule has 0 saturated carbocycles. The molecule has 0 unspecified atom stereocenters. The zero-order valence-electron chi connectivity index (χ0n) is 12.8. The van der Waals surface area contributed by atoms with Gasteiger partial charge in [0.1, 0.15) is 4.88 Å².